The van der Waals surface area contributed by atoms with Crippen molar-refractivity contribution in [2.24, 2.45) is 0 Å². The lowest BCUT2D eigenvalue weighted by atomic mass is 10.0. The zero-order valence-electron chi connectivity index (χ0n) is 9.56. The number of carbonyl (C=O) groups is 1. The molecule has 0 aromatic heterocycles. The molecule has 0 bridgehead atoms. The van der Waals surface area contributed by atoms with Gasteiger partial charge < -0.3 is 9.84 Å². The van der Waals surface area contributed by atoms with Gasteiger partial charge in [-0.3, -0.25) is 0 Å². The van der Waals surface area contributed by atoms with Crippen LogP contribution < -0.4 is 0 Å². The normalized spacial score (nSPS) is 11.9. The van der Waals surface area contributed by atoms with E-state index in [-0.39, 0.29) is 12.6 Å². The summed E-state index contributed by atoms with van der Waals surface area (Å²) in [6, 6.07) is 9.70. The summed E-state index contributed by atoms with van der Waals surface area (Å²) in [4.78, 5) is 11.3. The highest BCUT2D eigenvalue weighted by Crippen LogP contribution is 2.12. The van der Waals surface area contributed by atoms with Crippen molar-refractivity contribution in [2.75, 3.05) is 13.7 Å². The fourth-order valence-corrected chi connectivity index (χ4v) is 1.45. The third-order valence-corrected chi connectivity index (χ3v) is 2.47. The Hall–Kier alpha value is -1.61. The van der Waals surface area contributed by atoms with Crippen LogP contribution in [0.1, 0.15) is 12.5 Å². The van der Waals surface area contributed by atoms with Crippen molar-refractivity contribution in [1.82, 2.24) is 0 Å². The predicted molar refractivity (Wildman–Crippen MR) is 61.9 cm³/mol. The van der Waals surface area contributed by atoms with E-state index < -0.39 is 0 Å². The number of benzene rings is 1. The topological polar surface area (TPSA) is 46.5 Å². The van der Waals surface area contributed by atoms with Crippen molar-refractivity contribution >= 4 is 5.97 Å². The van der Waals surface area contributed by atoms with Gasteiger partial charge in [-0.2, -0.15) is 0 Å². The van der Waals surface area contributed by atoms with E-state index in [9.17, 15) is 9.90 Å². The third kappa shape index (κ3) is 3.21. The lowest BCUT2D eigenvalue weighted by molar-refractivity contribution is -0.136. The fourth-order valence-electron chi connectivity index (χ4n) is 1.45. The van der Waals surface area contributed by atoms with Crippen LogP contribution >= 0.6 is 0 Å². The maximum atomic E-state index is 11.3. The average molecular weight is 220 g/mol. The fraction of sp³-hybridized carbons (Fsp3) is 0.308. The van der Waals surface area contributed by atoms with Crippen LogP contribution in [-0.2, 0) is 16.0 Å². The van der Waals surface area contributed by atoms with E-state index in [4.69, 9.17) is 0 Å². The molecule has 0 atom stereocenters. The Morgan fingerprint density at radius 1 is 1.31 bits per heavy atom. The first-order chi connectivity index (χ1) is 7.69. The molecule has 0 unspecified atom stereocenters. The average Bonchev–Trinajstić information content (AvgIpc) is 2.35. The predicted octanol–water partition coefficient (Wildman–Crippen LogP) is 1.71. The molecule has 0 spiro atoms. The summed E-state index contributed by atoms with van der Waals surface area (Å²) in [7, 11) is 1.34. The van der Waals surface area contributed by atoms with Gasteiger partial charge in [0.1, 0.15) is 0 Å². The number of methoxy groups -OCH3 is 1. The van der Waals surface area contributed by atoms with Gasteiger partial charge in [-0.25, -0.2) is 4.79 Å². The maximum Gasteiger partial charge on any atom is 0.333 e. The van der Waals surface area contributed by atoms with Crippen LogP contribution in [0, 0.1) is 0 Å². The molecule has 86 valence electrons. The standard InChI is InChI=1S/C13H16O3/c1-10(13(15)16-2)12(9-14)8-11-6-4-3-5-7-11/h3-7,14H,8-9H2,1-2H3/b12-10+. The van der Waals surface area contributed by atoms with Crippen molar-refractivity contribution < 1.29 is 14.6 Å². The Kier molecular flexibility index (Phi) is 4.73. The summed E-state index contributed by atoms with van der Waals surface area (Å²) in [5, 5.41) is 9.24. The smallest absolute Gasteiger partial charge is 0.333 e. The van der Waals surface area contributed by atoms with E-state index in [1.54, 1.807) is 6.92 Å². The van der Waals surface area contributed by atoms with Crippen molar-refractivity contribution in [1.29, 1.82) is 0 Å². The zero-order valence-corrected chi connectivity index (χ0v) is 9.56. The molecule has 1 N–H and O–H groups in total. The minimum absolute atomic E-state index is 0.129. The van der Waals surface area contributed by atoms with E-state index in [0.29, 0.717) is 17.6 Å². The van der Waals surface area contributed by atoms with E-state index in [1.807, 2.05) is 30.3 Å². The number of carbonyl (C=O) groups excluding carboxylic acids is 1. The molecule has 0 aliphatic rings. The van der Waals surface area contributed by atoms with Crippen LogP contribution in [0.25, 0.3) is 0 Å². The van der Waals surface area contributed by atoms with E-state index in [1.165, 1.54) is 7.11 Å². The van der Waals surface area contributed by atoms with E-state index in [2.05, 4.69) is 4.74 Å². The molecular formula is C13H16O3. The Labute approximate surface area is 95.4 Å². The number of aliphatic hydroxyl groups excluding tert-OH is 1. The van der Waals surface area contributed by atoms with Crippen molar-refractivity contribution in [2.45, 2.75) is 13.3 Å². The summed E-state index contributed by atoms with van der Waals surface area (Å²) in [5.41, 5.74) is 2.24. The molecule has 3 nitrogen and oxygen atoms in total. The highest BCUT2D eigenvalue weighted by molar-refractivity contribution is 5.88. The molecular weight excluding hydrogens is 204 g/mol. The summed E-state index contributed by atoms with van der Waals surface area (Å²) in [5.74, 6) is -0.389. The van der Waals surface area contributed by atoms with Crippen LogP contribution in [0.5, 0.6) is 0 Å². The second kappa shape index (κ2) is 6.08. The molecule has 0 saturated carbocycles. The number of hydrogen-bond donors (Lipinski definition) is 1. The van der Waals surface area contributed by atoms with Gasteiger partial charge >= 0.3 is 5.97 Å². The molecule has 3 heteroatoms. The van der Waals surface area contributed by atoms with Crippen LogP contribution in [-0.4, -0.2) is 24.8 Å². The number of esters is 1. The molecule has 16 heavy (non-hydrogen) atoms. The van der Waals surface area contributed by atoms with Gasteiger partial charge in [0.2, 0.25) is 0 Å². The van der Waals surface area contributed by atoms with E-state index >= 15 is 0 Å². The number of ether oxygens (including phenoxy) is 1. The Morgan fingerprint density at radius 2 is 1.94 bits per heavy atom. The van der Waals surface area contributed by atoms with Crippen LogP contribution in [0.4, 0.5) is 0 Å². The number of aliphatic hydroxyl groups is 1. The summed E-state index contributed by atoms with van der Waals surface area (Å²) in [6.07, 6.45) is 0.568. The second-order valence-corrected chi connectivity index (χ2v) is 3.54. The number of hydrogen-bond acceptors (Lipinski definition) is 3. The first-order valence-electron chi connectivity index (χ1n) is 5.10. The molecule has 1 rings (SSSR count). The molecule has 1 aromatic carbocycles. The quantitative estimate of drug-likeness (QED) is 0.620. The van der Waals surface area contributed by atoms with Crippen molar-refractivity contribution in [3.63, 3.8) is 0 Å². The van der Waals surface area contributed by atoms with Gasteiger partial charge in [0, 0.05) is 5.57 Å². The molecule has 0 heterocycles. The monoisotopic (exact) mass is 220 g/mol. The van der Waals surface area contributed by atoms with Gasteiger partial charge in [-0.05, 0) is 24.5 Å². The Morgan fingerprint density at radius 3 is 2.44 bits per heavy atom. The summed E-state index contributed by atoms with van der Waals surface area (Å²) >= 11 is 0. The molecule has 0 radical (unpaired) electrons. The Bertz CT molecular complexity index is 379. The van der Waals surface area contributed by atoms with Crippen LogP contribution in [0.3, 0.4) is 0 Å². The highest BCUT2D eigenvalue weighted by atomic mass is 16.5. The zero-order chi connectivity index (χ0) is 12.0. The lowest BCUT2D eigenvalue weighted by Crippen LogP contribution is -2.09. The lowest BCUT2D eigenvalue weighted by Gasteiger charge is -2.08. The molecule has 0 aliphatic heterocycles. The highest BCUT2D eigenvalue weighted by Gasteiger charge is 2.10. The largest absolute Gasteiger partial charge is 0.466 e. The summed E-state index contributed by atoms with van der Waals surface area (Å²) in [6.45, 7) is 1.54. The Balaban J connectivity index is 2.88. The molecule has 0 amide bonds. The third-order valence-electron chi connectivity index (χ3n) is 2.47. The second-order valence-electron chi connectivity index (χ2n) is 3.54. The molecule has 0 saturated heterocycles. The van der Waals surface area contributed by atoms with Crippen LogP contribution in [0.15, 0.2) is 41.5 Å². The van der Waals surface area contributed by atoms with Crippen LogP contribution in [0.2, 0.25) is 0 Å². The van der Waals surface area contributed by atoms with Gasteiger partial charge in [0.15, 0.2) is 0 Å². The van der Waals surface area contributed by atoms with E-state index in [0.717, 1.165) is 5.56 Å². The number of rotatable bonds is 4. The maximum absolute atomic E-state index is 11.3. The summed E-state index contributed by atoms with van der Waals surface area (Å²) < 4.78 is 4.62. The van der Waals surface area contributed by atoms with Gasteiger partial charge in [0.05, 0.1) is 13.7 Å². The minimum atomic E-state index is -0.389. The van der Waals surface area contributed by atoms with Gasteiger partial charge in [0.25, 0.3) is 0 Å². The van der Waals surface area contributed by atoms with Gasteiger partial charge in [-0.1, -0.05) is 30.3 Å². The minimum Gasteiger partial charge on any atom is -0.466 e. The van der Waals surface area contributed by atoms with Crippen molar-refractivity contribution in [3.05, 3.63) is 47.0 Å². The molecule has 0 aliphatic carbocycles. The van der Waals surface area contributed by atoms with Gasteiger partial charge in [-0.15, -0.1) is 0 Å². The first-order valence-corrected chi connectivity index (χ1v) is 5.10. The first kappa shape index (κ1) is 12.5. The SMILES string of the molecule is COC(=O)/C(C)=C(/CO)Cc1ccccc1. The van der Waals surface area contributed by atoms with Crippen molar-refractivity contribution in [3.8, 4) is 0 Å². The molecule has 1 aromatic rings. The molecule has 0 fully saturated rings.